The van der Waals surface area contributed by atoms with Crippen molar-refractivity contribution in [3.05, 3.63) is 65.0 Å². The summed E-state index contributed by atoms with van der Waals surface area (Å²) in [7, 11) is 0. The molecule has 3 aromatic rings. The van der Waals surface area contributed by atoms with E-state index in [2.05, 4.69) is 0 Å². The second kappa shape index (κ2) is 7.21. The number of hydrogen-bond acceptors (Lipinski definition) is 5. The monoisotopic (exact) mass is 338 g/mol. The molecule has 0 bridgehead atoms. The normalized spacial score (nSPS) is 10.8. The molecule has 0 radical (unpaired) electrons. The summed E-state index contributed by atoms with van der Waals surface area (Å²) in [6.07, 6.45) is -0.192. The SMILES string of the molecule is CC(C)OC(=O)COc1ccc2cc(-c3ccccc3)c(=O)oc2c1. The molecular formula is C20H18O5. The van der Waals surface area contributed by atoms with E-state index in [1.807, 2.05) is 30.3 Å². The molecule has 0 saturated carbocycles. The Morgan fingerprint density at radius 2 is 1.84 bits per heavy atom. The predicted octanol–water partition coefficient (Wildman–Crippen LogP) is 3.79. The van der Waals surface area contributed by atoms with E-state index in [1.165, 1.54) is 0 Å². The van der Waals surface area contributed by atoms with E-state index in [-0.39, 0.29) is 12.7 Å². The third-order valence-corrected chi connectivity index (χ3v) is 3.52. The molecule has 0 aliphatic heterocycles. The van der Waals surface area contributed by atoms with E-state index in [1.54, 1.807) is 38.1 Å². The van der Waals surface area contributed by atoms with Crippen LogP contribution in [0.25, 0.3) is 22.1 Å². The highest BCUT2D eigenvalue weighted by atomic mass is 16.6. The maximum absolute atomic E-state index is 12.3. The van der Waals surface area contributed by atoms with Gasteiger partial charge in [0.15, 0.2) is 6.61 Å². The lowest BCUT2D eigenvalue weighted by molar-refractivity contribution is -0.149. The van der Waals surface area contributed by atoms with Crippen molar-refractivity contribution in [2.45, 2.75) is 20.0 Å². The Morgan fingerprint density at radius 3 is 2.56 bits per heavy atom. The number of carbonyl (C=O) groups is 1. The molecule has 5 nitrogen and oxygen atoms in total. The van der Waals surface area contributed by atoms with Gasteiger partial charge in [-0.2, -0.15) is 0 Å². The van der Waals surface area contributed by atoms with Crippen LogP contribution >= 0.6 is 0 Å². The summed E-state index contributed by atoms with van der Waals surface area (Å²) in [4.78, 5) is 23.8. The Morgan fingerprint density at radius 1 is 1.08 bits per heavy atom. The third-order valence-electron chi connectivity index (χ3n) is 3.52. The molecular weight excluding hydrogens is 320 g/mol. The molecule has 3 rings (SSSR count). The third kappa shape index (κ3) is 4.07. The maximum Gasteiger partial charge on any atom is 0.344 e. The zero-order valence-electron chi connectivity index (χ0n) is 14.0. The maximum atomic E-state index is 12.3. The molecule has 25 heavy (non-hydrogen) atoms. The Balaban J connectivity index is 1.84. The quantitative estimate of drug-likeness (QED) is 0.523. The zero-order valence-corrected chi connectivity index (χ0v) is 14.0. The number of ether oxygens (including phenoxy) is 2. The second-order valence-corrected chi connectivity index (χ2v) is 5.84. The van der Waals surface area contributed by atoms with Gasteiger partial charge in [-0.3, -0.25) is 0 Å². The van der Waals surface area contributed by atoms with Gasteiger partial charge < -0.3 is 13.9 Å². The summed E-state index contributed by atoms with van der Waals surface area (Å²) in [5, 5.41) is 0.774. The summed E-state index contributed by atoms with van der Waals surface area (Å²) in [6.45, 7) is 3.34. The zero-order chi connectivity index (χ0) is 17.8. The Hall–Kier alpha value is -3.08. The summed E-state index contributed by atoms with van der Waals surface area (Å²) in [5.74, 6) is -0.0141. The van der Waals surface area contributed by atoms with Gasteiger partial charge in [0.2, 0.25) is 0 Å². The molecule has 0 spiro atoms. The van der Waals surface area contributed by atoms with Crippen molar-refractivity contribution in [1.29, 1.82) is 0 Å². The van der Waals surface area contributed by atoms with Gasteiger partial charge >= 0.3 is 11.6 Å². The minimum atomic E-state index is -0.448. The average molecular weight is 338 g/mol. The molecule has 5 heteroatoms. The van der Waals surface area contributed by atoms with E-state index in [4.69, 9.17) is 13.9 Å². The van der Waals surface area contributed by atoms with Gasteiger partial charge in [-0.15, -0.1) is 0 Å². The van der Waals surface area contributed by atoms with Gasteiger partial charge in [0.25, 0.3) is 0 Å². The van der Waals surface area contributed by atoms with Crippen molar-refractivity contribution < 1.29 is 18.7 Å². The van der Waals surface area contributed by atoms with Crippen LogP contribution < -0.4 is 10.4 Å². The lowest BCUT2D eigenvalue weighted by atomic mass is 10.1. The summed E-state index contributed by atoms with van der Waals surface area (Å²) in [5.41, 5.74) is 1.28. The van der Waals surface area contributed by atoms with Crippen LogP contribution in [0.2, 0.25) is 0 Å². The molecule has 0 aliphatic rings. The van der Waals surface area contributed by atoms with Crippen molar-refractivity contribution >= 4 is 16.9 Å². The Labute approximate surface area is 144 Å². The van der Waals surface area contributed by atoms with Crippen LogP contribution in [0.4, 0.5) is 0 Å². The molecule has 1 heterocycles. The minimum Gasteiger partial charge on any atom is -0.482 e. The summed E-state index contributed by atoms with van der Waals surface area (Å²) >= 11 is 0. The van der Waals surface area contributed by atoms with Crippen molar-refractivity contribution in [2.75, 3.05) is 6.61 Å². The highest BCUT2D eigenvalue weighted by Gasteiger charge is 2.10. The summed E-state index contributed by atoms with van der Waals surface area (Å²) in [6, 6.07) is 16.2. The van der Waals surface area contributed by atoms with Crippen molar-refractivity contribution in [3.63, 3.8) is 0 Å². The van der Waals surface area contributed by atoms with Gasteiger partial charge in [-0.05, 0) is 37.6 Å². The van der Waals surface area contributed by atoms with Crippen LogP contribution in [0, 0.1) is 0 Å². The van der Waals surface area contributed by atoms with Crippen LogP contribution in [0.5, 0.6) is 5.75 Å². The molecule has 2 aromatic carbocycles. The van der Waals surface area contributed by atoms with Crippen LogP contribution in [-0.2, 0) is 9.53 Å². The lowest BCUT2D eigenvalue weighted by Crippen LogP contribution is -2.18. The molecule has 128 valence electrons. The molecule has 0 aliphatic carbocycles. The van der Waals surface area contributed by atoms with Gasteiger partial charge in [-0.25, -0.2) is 9.59 Å². The fourth-order valence-electron chi connectivity index (χ4n) is 2.44. The van der Waals surface area contributed by atoms with Crippen LogP contribution in [-0.4, -0.2) is 18.7 Å². The number of benzene rings is 2. The number of esters is 1. The second-order valence-electron chi connectivity index (χ2n) is 5.84. The van der Waals surface area contributed by atoms with Crippen molar-refractivity contribution in [3.8, 4) is 16.9 Å². The van der Waals surface area contributed by atoms with Gasteiger partial charge in [0.05, 0.1) is 11.7 Å². The predicted molar refractivity (Wildman–Crippen MR) is 94.6 cm³/mol. The van der Waals surface area contributed by atoms with Crippen molar-refractivity contribution in [1.82, 2.24) is 0 Å². The summed E-state index contributed by atoms with van der Waals surface area (Å²) < 4.78 is 15.8. The van der Waals surface area contributed by atoms with E-state index >= 15 is 0 Å². The van der Waals surface area contributed by atoms with Gasteiger partial charge in [0, 0.05) is 11.5 Å². The number of hydrogen-bond donors (Lipinski definition) is 0. The molecule has 0 atom stereocenters. The van der Waals surface area contributed by atoms with Crippen LogP contribution in [0.15, 0.2) is 63.8 Å². The van der Waals surface area contributed by atoms with E-state index in [9.17, 15) is 9.59 Å². The molecule has 0 N–H and O–H groups in total. The molecule has 0 amide bonds. The first kappa shape index (κ1) is 16.8. The number of rotatable bonds is 5. The van der Waals surface area contributed by atoms with Gasteiger partial charge in [0.1, 0.15) is 11.3 Å². The molecule has 0 saturated heterocycles. The standard InChI is InChI=1S/C20H18O5/c1-13(2)24-19(21)12-23-16-9-8-15-10-17(14-6-4-3-5-7-14)20(22)25-18(15)11-16/h3-11,13H,12H2,1-2H3. The first-order chi connectivity index (χ1) is 12.0. The van der Waals surface area contributed by atoms with E-state index < -0.39 is 11.6 Å². The number of fused-ring (bicyclic) bond motifs is 1. The molecule has 0 unspecified atom stereocenters. The first-order valence-corrected chi connectivity index (χ1v) is 7.98. The molecule has 0 fully saturated rings. The topological polar surface area (TPSA) is 65.7 Å². The fourth-order valence-corrected chi connectivity index (χ4v) is 2.44. The fraction of sp³-hybridized carbons (Fsp3) is 0.200. The largest absolute Gasteiger partial charge is 0.482 e. The van der Waals surface area contributed by atoms with Crippen molar-refractivity contribution in [2.24, 2.45) is 0 Å². The van der Waals surface area contributed by atoms with E-state index in [0.717, 1.165) is 10.9 Å². The van der Waals surface area contributed by atoms with Crippen LogP contribution in [0.1, 0.15) is 13.8 Å². The first-order valence-electron chi connectivity index (χ1n) is 7.98. The van der Waals surface area contributed by atoms with Gasteiger partial charge in [-0.1, -0.05) is 30.3 Å². The average Bonchev–Trinajstić information content (AvgIpc) is 2.59. The highest BCUT2D eigenvalue weighted by molar-refractivity contribution is 5.82. The van der Waals surface area contributed by atoms with Crippen LogP contribution in [0.3, 0.4) is 0 Å². The Kier molecular flexibility index (Phi) is 4.84. The highest BCUT2D eigenvalue weighted by Crippen LogP contribution is 2.24. The Bertz CT molecular complexity index is 941. The number of carbonyl (C=O) groups excluding carboxylic acids is 1. The lowest BCUT2D eigenvalue weighted by Gasteiger charge is -2.09. The smallest absolute Gasteiger partial charge is 0.344 e. The minimum absolute atomic E-state index is 0.192. The van der Waals surface area contributed by atoms with E-state index in [0.29, 0.717) is 16.9 Å². The molecule has 1 aromatic heterocycles.